The molecule has 0 aliphatic heterocycles. The van der Waals surface area contributed by atoms with Crippen molar-refractivity contribution in [2.45, 2.75) is 13.8 Å². The van der Waals surface area contributed by atoms with Gasteiger partial charge in [-0.05, 0) is 55.8 Å². The second-order valence-corrected chi connectivity index (χ2v) is 3.95. The van der Waals surface area contributed by atoms with E-state index in [2.05, 4.69) is 30.4 Å². The first-order chi connectivity index (χ1) is 8.28. The van der Waals surface area contributed by atoms with Gasteiger partial charge in [-0.25, -0.2) is 0 Å². The molecule has 17 heavy (non-hydrogen) atoms. The highest BCUT2D eigenvalue weighted by molar-refractivity contribution is 5.60. The molecular weight excluding hydrogens is 210 g/mol. The van der Waals surface area contributed by atoms with E-state index in [-0.39, 0.29) is 0 Å². The van der Waals surface area contributed by atoms with Gasteiger partial charge in [-0.3, -0.25) is 0 Å². The summed E-state index contributed by atoms with van der Waals surface area (Å²) in [5.74, 6) is 0.905. The number of hydrogen-bond acceptors (Lipinski definition) is 2. The molecule has 0 unspecified atom stereocenters. The quantitative estimate of drug-likeness (QED) is 0.847. The topological polar surface area (TPSA) is 21.3 Å². The lowest BCUT2D eigenvalue weighted by Crippen LogP contribution is -1.93. The summed E-state index contributed by atoms with van der Waals surface area (Å²) in [5, 5.41) is 3.36. The molecule has 88 valence electrons. The molecule has 1 N–H and O–H groups in total. The molecule has 0 saturated carbocycles. The van der Waals surface area contributed by atoms with Crippen molar-refractivity contribution in [3.05, 3.63) is 54.1 Å². The number of ether oxygens (including phenoxy) is 1. The minimum Gasteiger partial charge on any atom is -0.494 e. The number of aryl methyl sites for hydroxylation is 1. The fourth-order valence-corrected chi connectivity index (χ4v) is 1.69. The predicted molar refractivity (Wildman–Crippen MR) is 72.1 cm³/mol. The van der Waals surface area contributed by atoms with Gasteiger partial charge in [-0.15, -0.1) is 0 Å². The van der Waals surface area contributed by atoms with Gasteiger partial charge in [0.2, 0.25) is 0 Å². The fourth-order valence-electron chi connectivity index (χ4n) is 1.69. The molecule has 0 spiro atoms. The van der Waals surface area contributed by atoms with Crippen LogP contribution in [0.15, 0.2) is 48.5 Å². The van der Waals surface area contributed by atoms with Crippen LogP contribution in [0.2, 0.25) is 0 Å². The van der Waals surface area contributed by atoms with Gasteiger partial charge in [-0.2, -0.15) is 0 Å². The summed E-state index contributed by atoms with van der Waals surface area (Å²) in [6.45, 7) is 4.77. The zero-order chi connectivity index (χ0) is 12.1. The van der Waals surface area contributed by atoms with Crippen LogP contribution >= 0.6 is 0 Å². The Morgan fingerprint density at radius 2 is 1.76 bits per heavy atom. The van der Waals surface area contributed by atoms with E-state index >= 15 is 0 Å². The lowest BCUT2D eigenvalue weighted by molar-refractivity contribution is 0.340. The molecule has 0 aliphatic carbocycles. The van der Waals surface area contributed by atoms with Gasteiger partial charge in [-0.1, -0.05) is 12.1 Å². The number of benzene rings is 2. The van der Waals surface area contributed by atoms with Crippen molar-refractivity contribution in [2.24, 2.45) is 0 Å². The molecule has 0 bridgehead atoms. The average molecular weight is 227 g/mol. The first-order valence-electron chi connectivity index (χ1n) is 5.84. The zero-order valence-electron chi connectivity index (χ0n) is 10.2. The minimum atomic E-state index is 0.699. The van der Waals surface area contributed by atoms with Gasteiger partial charge in [0.15, 0.2) is 0 Å². The summed E-state index contributed by atoms with van der Waals surface area (Å²) in [7, 11) is 0. The van der Waals surface area contributed by atoms with Crippen molar-refractivity contribution in [3.63, 3.8) is 0 Å². The van der Waals surface area contributed by atoms with Crippen LogP contribution in [-0.2, 0) is 0 Å². The van der Waals surface area contributed by atoms with E-state index in [0.717, 1.165) is 17.1 Å². The third-order valence-electron chi connectivity index (χ3n) is 2.47. The molecule has 0 aromatic heterocycles. The van der Waals surface area contributed by atoms with Crippen molar-refractivity contribution in [3.8, 4) is 5.75 Å². The molecule has 0 aliphatic rings. The van der Waals surface area contributed by atoms with Gasteiger partial charge >= 0.3 is 0 Å². The average Bonchev–Trinajstić information content (AvgIpc) is 2.32. The molecule has 2 nitrogen and oxygen atoms in total. The standard InChI is InChI=1S/C15H17NO/c1-3-17-15-9-7-13(8-10-15)16-14-6-4-5-12(2)11-14/h4-11,16H,3H2,1-2H3. The highest BCUT2D eigenvalue weighted by atomic mass is 16.5. The van der Waals surface area contributed by atoms with Crippen molar-refractivity contribution < 1.29 is 4.74 Å². The van der Waals surface area contributed by atoms with Crippen LogP contribution in [0.3, 0.4) is 0 Å². The molecule has 0 fully saturated rings. The molecule has 2 rings (SSSR count). The summed E-state index contributed by atoms with van der Waals surface area (Å²) in [6.07, 6.45) is 0. The highest BCUT2D eigenvalue weighted by Gasteiger charge is 1.96. The van der Waals surface area contributed by atoms with Crippen LogP contribution in [0, 0.1) is 6.92 Å². The van der Waals surface area contributed by atoms with E-state index in [0.29, 0.717) is 6.61 Å². The first-order valence-corrected chi connectivity index (χ1v) is 5.84. The molecular formula is C15H17NO. The Bertz CT molecular complexity index is 477. The van der Waals surface area contributed by atoms with Crippen LogP contribution < -0.4 is 10.1 Å². The number of rotatable bonds is 4. The summed E-state index contributed by atoms with van der Waals surface area (Å²) < 4.78 is 5.40. The van der Waals surface area contributed by atoms with Gasteiger partial charge in [0.05, 0.1) is 6.61 Å². The second kappa shape index (κ2) is 5.39. The molecule has 2 aromatic rings. The van der Waals surface area contributed by atoms with E-state index in [9.17, 15) is 0 Å². The Morgan fingerprint density at radius 1 is 1.00 bits per heavy atom. The maximum absolute atomic E-state index is 5.40. The summed E-state index contributed by atoms with van der Waals surface area (Å²) >= 11 is 0. The van der Waals surface area contributed by atoms with Crippen LogP contribution in [0.1, 0.15) is 12.5 Å². The Kier molecular flexibility index (Phi) is 3.66. The summed E-state index contributed by atoms with van der Waals surface area (Å²) in [4.78, 5) is 0. The predicted octanol–water partition coefficient (Wildman–Crippen LogP) is 4.14. The highest BCUT2D eigenvalue weighted by Crippen LogP contribution is 2.20. The molecule has 0 saturated heterocycles. The minimum absolute atomic E-state index is 0.699. The van der Waals surface area contributed by atoms with E-state index in [4.69, 9.17) is 4.74 Å². The molecule has 2 aromatic carbocycles. The van der Waals surface area contributed by atoms with E-state index in [1.807, 2.05) is 37.3 Å². The molecule has 0 heterocycles. The zero-order valence-corrected chi connectivity index (χ0v) is 10.2. The van der Waals surface area contributed by atoms with E-state index in [1.165, 1.54) is 5.56 Å². The largest absolute Gasteiger partial charge is 0.494 e. The second-order valence-electron chi connectivity index (χ2n) is 3.95. The SMILES string of the molecule is CCOc1ccc(Nc2cccc(C)c2)cc1. The summed E-state index contributed by atoms with van der Waals surface area (Å²) in [5.41, 5.74) is 3.43. The van der Waals surface area contributed by atoms with Crippen LogP contribution in [0.25, 0.3) is 0 Å². The van der Waals surface area contributed by atoms with Gasteiger partial charge in [0.25, 0.3) is 0 Å². The van der Waals surface area contributed by atoms with Gasteiger partial charge in [0, 0.05) is 11.4 Å². The normalized spacial score (nSPS) is 10.0. The maximum Gasteiger partial charge on any atom is 0.119 e. The van der Waals surface area contributed by atoms with Crippen LogP contribution in [0.4, 0.5) is 11.4 Å². The third-order valence-corrected chi connectivity index (χ3v) is 2.47. The maximum atomic E-state index is 5.40. The molecule has 0 amide bonds. The molecule has 0 atom stereocenters. The molecule has 2 heteroatoms. The molecule has 0 radical (unpaired) electrons. The van der Waals surface area contributed by atoms with Crippen molar-refractivity contribution >= 4 is 11.4 Å². The smallest absolute Gasteiger partial charge is 0.119 e. The monoisotopic (exact) mass is 227 g/mol. The van der Waals surface area contributed by atoms with Gasteiger partial charge < -0.3 is 10.1 Å². The Labute approximate surface area is 102 Å². The number of anilines is 2. The Hall–Kier alpha value is -1.96. The third kappa shape index (κ3) is 3.25. The van der Waals surface area contributed by atoms with E-state index in [1.54, 1.807) is 0 Å². The lowest BCUT2D eigenvalue weighted by atomic mass is 10.2. The van der Waals surface area contributed by atoms with E-state index < -0.39 is 0 Å². The fraction of sp³-hybridized carbons (Fsp3) is 0.200. The first kappa shape index (κ1) is 11.5. The van der Waals surface area contributed by atoms with Crippen LogP contribution in [0.5, 0.6) is 5.75 Å². The lowest BCUT2D eigenvalue weighted by Gasteiger charge is -2.08. The number of hydrogen-bond donors (Lipinski definition) is 1. The van der Waals surface area contributed by atoms with Crippen molar-refractivity contribution in [1.82, 2.24) is 0 Å². The Morgan fingerprint density at radius 3 is 2.41 bits per heavy atom. The summed E-state index contributed by atoms with van der Waals surface area (Å²) in [6, 6.07) is 16.3. The van der Waals surface area contributed by atoms with Gasteiger partial charge in [0.1, 0.15) is 5.75 Å². The number of nitrogens with one attached hydrogen (secondary N) is 1. The Balaban J connectivity index is 2.08. The van der Waals surface area contributed by atoms with Crippen LogP contribution in [-0.4, -0.2) is 6.61 Å². The van der Waals surface area contributed by atoms with Crippen molar-refractivity contribution in [1.29, 1.82) is 0 Å². The van der Waals surface area contributed by atoms with Crippen molar-refractivity contribution in [2.75, 3.05) is 11.9 Å².